The lowest BCUT2D eigenvalue weighted by atomic mass is 9.89. The highest BCUT2D eigenvalue weighted by atomic mass is 32.2. The Hall–Kier alpha value is -1.68. The second-order valence-corrected chi connectivity index (χ2v) is 13.3. The van der Waals surface area contributed by atoms with Gasteiger partial charge in [-0.2, -0.15) is 4.31 Å². The molecule has 2 N–H and O–H groups in total. The number of benzene rings is 1. The van der Waals surface area contributed by atoms with Gasteiger partial charge in [0.1, 0.15) is 4.90 Å². The first-order valence-electron chi connectivity index (χ1n) is 11.1. The number of rotatable bonds is 6. The molecule has 0 saturated heterocycles. The van der Waals surface area contributed by atoms with E-state index in [-0.39, 0.29) is 9.79 Å². The number of sulfonamides is 2. The molecule has 1 aromatic carbocycles. The zero-order chi connectivity index (χ0) is 23.9. The minimum Gasteiger partial charge on any atom is -0.343 e. The maximum absolute atomic E-state index is 13.2. The molecule has 0 amide bonds. The van der Waals surface area contributed by atoms with Crippen molar-refractivity contribution in [2.75, 3.05) is 7.05 Å². The molecule has 3 rings (SSSR count). The van der Waals surface area contributed by atoms with E-state index >= 15 is 0 Å². The molecule has 0 bridgehead atoms. The van der Waals surface area contributed by atoms with Gasteiger partial charge in [-0.3, -0.25) is 0 Å². The molecule has 0 atom stereocenters. The highest BCUT2D eigenvalue weighted by Gasteiger charge is 2.31. The standard InChI is InChI=1S/C23H35N3O4S2/c1-17-22(31(24,27)28)15-21(26(17)16-18-10-7-6-8-11-18)19-12-9-13-20(14-19)32(29,30)25(5)23(2,3)4/h9,12-15,18H,6-8,10-11,16H2,1-5H3,(H2,24,27,28). The van der Waals surface area contributed by atoms with E-state index < -0.39 is 25.6 Å². The quantitative estimate of drug-likeness (QED) is 0.671. The van der Waals surface area contributed by atoms with E-state index in [0.29, 0.717) is 29.4 Å². The Balaban J connectivity index is 2.12. The van der Waals surface area contributed by atoms with Gasteiger partial charge in [-0.05, 0) is 70.2 Å². The summed E-state index contributed by atoms with van der Waals surface area (Å²) in [6, 6.07) is 8.28. The van der Waals surface area contributed by atoms with Crippen LogP contribution in [0.4, 0.5) is 0 Å². The van der Waals surface area contributed by atoms with E-state index in [1.807, 2.05) is 31.4 Å². The van der Waals surface area contributed by atoms with E-state index in [1.54, 1.807) is 38.2 Å². The molecule has 1 aliphatic rings. The fourth-order valence-corrected chi connectivity index (χ4v) is 6.71. The lowest BCUT2D eigenvalue weighted by Crippen LogP contribution is -2.42. The number of hydrogen-bond donors (Lipinski definition) is 1. The molecule has 1 saturated carbocycles. The summed E-state index contributed by atoms with van der Waals surface area (Å²) >= 11 is 0. The molecule has 0 radical (unpaired) electrons. The summed E-state index contributed by atoms with van der Waals surface area (Å²) in [5, 5.41) is 5.49. The number of primary sulfonamides is 1. The molecule has 7 nitrogen and oxygen atoms in total. The molecule has 1 fully saturated rings. The van der Waals surface area contributed by atoms with Gasteiger partial charge < -0.3 is 4.57 Å². The van der Waals surface area contributed by atoms with Crippen molar-refractivity contribution >= 4 is 20.0 Å². The number of nitrogens with two attached hydrogens (primary N) is 1. The Bertz CT molecular complexity index is 1190. The summed E-state index contributed by atoms with van der Waals surface area (Å²) in [7, 11) is -6.05. The van der Waals surface area contributed by atoms with Crippen molar-refractivity contribution in [3.8, 4) is 11.3 Å². The predicted octanol–water partition coefficient (Wildman–Crippen LogP) is 4.11. The third-order valence-electron chi connectivity index (χ3n) is 6.53. The van der Waals surface area contributed by atoms with Gasteiger partial charge in [0.15, 0.2) is 0 Å². The Morgan fingerprint density at radius 2 is 1.69 bits per heavy atom. The van der Waals surface area contributed by atoms with E-state index in [4.69, 9.17) is 5.14 Å². The van der Waals surface area contributed by atoms with Gasteiger partial charge in [0.2, 0.25) is 20.0 Å². The first-order chi connectivity index (χ1) is 14.7. The van der Waals surface area contributed by atoms with Crippen molar-refractivity contribution in [3.05, 3.63) is 36.0 Å². The molecule has 9 heteroatoms. The van der Waals surface area contributed by atoms with Crippen LogP contribution in [0, 0.1) is 12.8 Å². The third-order valence-corrected chi connectivity index (χ3v) is 9.67. The van der Waals surface area contributed by atoms with Gasteiger partial charge in [0, 0.05) is 30.5 Å². The second-order valence-electron chi connectivity index (χ2n) is 9.81. The highest BCUT2D eigenvalue weighted by Crippen LogP contribution is 2.34. The van der Waals surface area contributed by atoms with Gasteiger partial charge in [0.25, 0.3) is 0 Å². The molecule has 0 spiro atoms. The summed E-state index contributed by atoms with van der Waals surface area (Å²) < 4.78 is 54.2. The average molecular weight is 482 g/mol. The molecule has 0 aliphatic heterocycles. The number of aromatic nitrogens is 1. The largest absolute Gasteiger partial charge is 0.343 e. The minimum atomic E-state index is -3.90. The van der Waals surface area contributed by atoms with E-state index in [9.17, 15) is 16.8 Å². The van der Waals surface area contributed by atoms with Crippen LogP contribution in [-0.4, -0.2) is 38.3 Å². The third kappa shape index (κ3) is 5.11. The van der Waals surface area contributed by atoms with Crippen LogP contribution in [0.15, 0.2) is 40.1 Å². The zero-order valence-electron chi connectivity index (χ0n) is 19.6. The fourth-order valence-electron chi connectivity index (χ4n) is 4.35. The minimum absolute atomic E-state index is 0.0865. The molecule has 2 aromatic rings. The molecular weight excluding hydrogens is 446 g/mol. The first kappa shape index (κ1) is 25.0. The highest BCUT2D eigenvalue weighted by molar-refractivity contribution is 7.89. The molecular formula is C23H35N3O4S2. The molecule has 178 valence electrons. The van der Waals surface area contributed by atoms with Gasteiger partial charge in [0.05, 0.1) is 4.90 Å². The van der Waals surface area contributed by atoms with Crippen LogP contribution < -0.4 is 5.14 Å². The molecule has 32 heavy (non-hydrogen) atoms. The monoisotopic (exact) mass is 481 g/mol. The predicted molar refractivity (Wildman–Crippen MR) is 127 cm³/mol. The Labute approximate surface area is 192 Å². The summed E-state index contributed by atoms with van der Waals surface area (Å²) in [5.74, 6) is 0.459. The molecule has 1 aromatic heterocycles. The Morgan fingerprint density at radius 3 is 2.25 bits per heavy atom. The maximum Gasteiger partial charge on any atom is 0.243 e. The van der Waals surface area contributed by atoms with Crippen LogP contribution in [0.25, 0.3) is 11.3 Å². The van der Waals surface area contributed by atoms with Crippen molar-refractivity contribution in [2.45, 2.75) is 81.7 Å². The van der Waals surface area contributed by atoms with Crippen molar-refractivity contribution in [1.82, 2.24) is 8.87 Å². The van der Waals surface area contributed by atoms with Gasteiger partial charge in [-0.15, -0.1) is 0 Å². The normalized spacial score (nSPS) is 16.6. The molecule has 1 heterocycles. The zero-order valence-corrected chi connectivity index (χ0v) is 21.3. The summed E-state index contributed by atoms with van der Waals surface area (Å²) in [4.78, 5) is 0.260. The van der Waals surface area contributed by atoms with Crippen LogP contribution in [0.1, 0.15) is 58.6 Å². The summed E-state index contributed by atoms with van der Waals surface area (Å²) in [5.41, 5.74) is 1.34. The number of nitrogens with zero attached hydrogens (tertiary/aromatic N) is 2. The number of hydrogen-bond acceptors (Lipinski definition) is 4. The second kappa shape index (κ2) is 8.93. The van der Waals surface area contributed by atoms with Gasteiger partial charge in [-0.25, -0.2) is 22.0 Å². The lowest BCUT2D eigenvalue weighted by molar-refractivity contribution is 0.292. The van der Waals surface area contributed by atoms with Crippen molar-refractivity contribution in [1.29, 1.82) is 0 Å². The van der Waals surface area contributed by atoms with Gasteiger partial charge >= 0.3 is 0 Å². The van der Waals surface area contributed by atoms with E-state index in [0.717, 1.165) is 12.8 Å². The Kier molecular flexibility index (Phi) is 6.96. The molecule has 0 unspecified atom stereocenters. The van der Waals surface area contributed by atoms with Crippen LogP contribution >= 0.6 is 0 Å². The summed E-state index contributed by atoms with van der Waals surface area (Å²) in [6.45, 7) is 7.97. The lowest BCUT2D eigenvalue weighted by Gasteiger charge is -2.31. The molecule has 1 aliphatic carbocycles. The van der Waals surface area contributed by atoms with Crippen LogP contribution in [0.3, 0.4) is 0 Å². The smallest absolute Gasteiger partial charge is 0.243 e. The van der Waals surface area contributed by atoms with Crippen LogP contribution in [0.2, 0.25) is 0 Å². The summed E-state index contributed by atoms with van der Waals surface area (Å²) in [6.07, 6.45) is 5.79. The van der Waals surface area contributed by atoms with E-state index in [1.165, 1.54) is 23.6 Å². The SMILES string of the molecule is Cc1c(S(N)(=O)=O)cc(-c2cccc(S(=O)(=O)N(C)C(C)(C)C)c2)n1CC1CCCCC1. The van der Waals surface area contributed by atoms with Gasteiger partial charge in [-0.1, -0.05) is 31.4 Å². The topological polar surface area (TPSA) is 102 Å². The van der Waals surface area contributed by atoms with Crippen LogP contribution in [0.5, 0.6) is 0 Å². The van der Waals surface area contributed by atoms with Crippen molar-refractivity contribution in [3.63, 3.8) is 0 Å². The first-order valence-corrected chi connectivity index (χ1v) is 14.0. The average Bonchev–Trinajstić information content (AvgIpc) is 3.04. The maximum atomic E-state index is 13.2. The van der Waals surface area contributed by atoms with Crippen molar-refractivity contribution in [2.24, 2.45) is 11.1 Å². The Morgan fingerprint density at radius 1 is 1.06 bits per heavy atom. The van der Waals surface area contributed by atoms with Crippen LogP contribution in [-0.2, 0) is 26.6 Å². The fraction of sp³-hybridized carbons (Fsp3) is 0.565. The van der Waals surface area contributed by atoms with Crippen molar-refractivity contribution < 1.29 is 16.8 Å². The van der Waals surface area contributed by atoms with E-state index in [2.05, 4.69) is 0 Å².